The summed E-state index contributed by atoms with van der Waals surface area (Å²) in [5, 5.41) is 2.88. The van der Waals surface area contributed by atoms with E-state index in [-0.39, 0.29) is 30.0 Å². The number of rotatable bonds is 3. The van der Waals surface area contributed by atoms with Crippen molar-refractivity contribution in [3.05, 3.63) is 29.8 Å². The molecule has 0 unspecified atom stereocenters. The van der Waals surface area contributed by atoms with Crippen LogP contribution in [0.15, 0.2) is 24.3 Å². The average molecular weight is 286 g/mol. The van der Waals surface area contributed by atoms with E-state index in [1.165, 1.54) is 0 Å². The molecule has 1 heterocycles. The van der Waals surface area contributed by atoms with Crippen LogP contribution in [0.2, 0.25) is 0 Å². The van der Waals surface area contributed by atoms with E-state index >= 15 is 0 Å². The van der Waals surface area contributed by atoms with Crippen LogP contribution >= 0.6 is 12.4 Å². The molecular formula is C14H20ClNO3. The van der Waals surface area contributed by atoms with Gasteiger partial charge >= 0.3 is 6.09 Å². The van der Waals surface area contributed by atoms with Gasteiger partial charge in [-0.15, -0.1) is 12.4 Å². The molecule has 2 rings (SSSR count). The van der Waals surface area contributed by atoms with Crippen LogP contribution in [-0.2, 0) is 4.74 Å². The maximum Gasteiger partial charge on any atom is 0.407 e. The summed E-state index contributed by atoms with van der Waals surface area (Å²) in [7, 11) is 0. The number of amides is 1. The summed E-state index contributed by atoms with van der Waals surface area (Å²) in [6, 6.07) is 7.71. The van der Waals surface area contributed by atoms with Crippen molar-refractivity contribution < 1.29 is 14.3 Å². The molecule has 1 aromatic rings. The van der Waals surface area contributed by atoms with Gasteiger partial charge in [-0.1, -0.05) is 32.0 Å². The van der Waals surface area contributed by atoms with Crippen molar-refractivity contribution in [2.24, 2.45) is 5.41 Å². The van der Waals surface area contributed by atoms with Gasteiger partial charge in [-0.3, -0.25) is 0 Å². The number of cyclic esters (lactones) is 1. The molecule has 1 aromatic carbocycles. The number of hydrogen-bond acceptors (Lipinski definition) is 3. The first-order chi connectivity index (χ1) is 8.54. The minimum Gasteiger partial charge on any atom is -0.494 e. The van der Waals surface area contributed by atoms with Gasteiger partial charge in [0.25, 0.3) is 0 Å². The third-order valence-corrected chi connectivity index (χ3v) is 3.15. The molecule has 5 heteroatoms. The molecule has 0 bridgehead atoms. The van der Waals surface area contributed by atoms with Crippen LogP contribution in [-0.4, -0.2) is 19.3 Å². The molecule has 1 atom stereocenters. The third kappa shape index (κ3) is 3.32. The van der Waals surface area contributed by atoms with E-state index in [0.717, 1.165) is 11.3 Å². The molecule has 0 aliphatic carbocycles. The Labute approximate surface area is 119 Å². The highest BCUT2D eigenvalue weighted by Crippen LogP contribution is 2.40. The van der Waals surface area contributed by atoms with Crippen LogP contribution in [0.5, 0.6) is 5.75 Å². The number of alkyl carbamates (subject to hydrolysis) is 1. The lowest BCUT2D eigenvalue weighted by molar-refractivity contribution is 0.0379. The standard InChI is InChI=1S/C14H19NO3.ClH/c1-4-17-11-8-6-5-7-10(11)12-14(2,3)9-18-13(16)15-12;/h5-8,12H,4,9H2,1-3H3,(H,15,16);1H/t12-;/m0./s1. The largest absolute Gasteiger partial charge is 0.494 e. The van der Waals surface area contributed by atoms with Crippen molar-refractivity contribution in [3.8, 4) is 5.75 Å². The Hall–Kier alpha value is -1.42. The first-order valence-corrected chi connectivity index (χ1v) is 6.19. The van der Waals surface area contributed by atoms with Crippen LogP contribution in [0.3, 0.4) is 0 Å². The molecule has 1 aliphatic heterocycles. The monoisotopic (exact) mass is 285 g/mol. The highest BCUT2D eigenvalue weighted by atomic mass is 35.5. The number of nitrogens with one attached hydrogen (secondary N) is 1. The van der Waals surface area contributed by atoms with Gasteiger partial charge in [0.1, 0.15) is 12.4 Å². The summed E-state index contributed by atoms with van der Waals surface area (Å²) >= 11 is 0. The zero-order valence-corrected chi connectivity index (χ0v) is 12.3. The number of carbonyl (C=O) groups excluding carboxylic acids is 1. The summed E-state index contributed by atoms with van der Waals surface area (Å²) < 4.78 is 10.7. The fraction of sp³-hybridized carbons (Fsp3) is 0.500. The Kier molecular flexibility index (Phi) is 5.06. The molecule has 4 nitrogen and oxygen atoms in total. The van der Waals surface area contributed by atoms with E-state index in [1.807, 2.05) is 31.2 Å². The maximum absolute atomic E-state index is 11.4. The van der Waals surface area contributed by atoms with Gasteiger partial charge in [0.15, 0.2) is 0 Å². The Morgan fingerprint density at radius 2 is 2.11 bits per heavy atom. The summed E-state index contributed by atoms with van der Waals surface area (Å²) in [5.41, 5.74) is 0.835. The van der Waals surface area contributed by atoms with Gasteiger partial charge in [0, 0.05) is 11.0 Å². The SMILES string of the molecule is CCOc1ccccc1[C@@H]1NC(=O)OCC1(C)C.Cl. The van der Waals surface area contributed by atoms with E-state index < -0.39 is 0 Å². The first-order valence-electron chi connectivity index (χ1n) is 6.19. The normalized spacial score (nSPS) is 20.8. The van der Waals surface area contributed by atoms with Gasteiger partial charge in [0.2, 0.25) is 0 Å². The summed E-state index contributed by atoms with van der Waals surface area (Å²) in [6.45, 7) is 7.10. The Bertz CT molecular complexity index is 448. The van der Waals surface area contributed by atoms with Crippen molar-refractivity contribution in [1.82, 2.24) is 5.32 Å². The summed E-state index contributed by atoms with van der Waals surface area (Å²) in [5.74, 6) is 0.820. The van der Waals surface area contributed by atoms with Gasteiger partial charge in [-0.2, -0.15) is 0 Å². The van der Waals surface area contributed by atoms with E-state index in [2.05, 4.69) is 19.2 Å². The predicted molar refractivity (Wildman–Crippen MR) is 75.9 cm³/mol. The van der Waals surface area contributed by atoms with Crippen LogP contribution in [0.1, 0.15) is 32.4 Å². The van der Waals surface area contributed by atoms with E-state index in [1.54, 1.807) is 0 Å². The predicted octanol–water partition coefficient (Wildman–Crippen LogP) is 3.31. The molecule has 1 N–H and O–H groups in total. The van der Waals surface area contributed by atoms with E-state index in [4.69, 9.17) is 9.47 Å². The number of ether oxygens (including phenoxy) is 2. The molecular weight excluding hydrogens is 266 g/mol. The minimum absolute atomic E-state index is 0. The zero-order valence-electron chi connectivity index (χ0n) is 11.4. The molecule has 1 amide bonds. The second-order valence-electron chi connectivity index (χ2n) is 5.11. The number of carbonyl (C=O) groups is 1. The van der Waals surface area contributed by atoms with Gasteiger partial charge in [-0.05, 0) is 13.0 Å². The number of benzene rings is 1. The molecule has 0 saturated carbocycles. The summed E-state index contributed by atoms with van der Waals surface area (Å²) in [6.07, 6.45) is -0.370. The van der Waals surface area contributed by atoms with Gasteiger partial charge in [0.05, 0.1) is 12.6 Å². The number of hydrogen-bond donors (Lipinski definition) is 1. The Balaban J connectivity index is 0.00000180. The van der Waals surface area contributed by atoms with Crippen LogP contribution in [0, 0.1) is 5.41 Å². The van der Waals surface area contributed by atoms with Crippen molar-refractivity contribution >= 4 is 18.5 Å². The molecule has 1 fully saturated rings. The molecule has 0 radical (unpaired) electrons. The molecule has 1 aliphatic rings. The topological polar surface area (TPSA) is 47.6 Å². The highest BCUT2D eigenvalue weighted by Gasteiger charge is 2.39. The summed E-state index contributed by atoms with van der Waals surface area (Å²) in [4.78, 5) is 11.4. The molecule has 1 saturated heterocycles. The fourth-order valence-electron chi connectivity index (χ4n) is 2.19. The zero-order chi connectivity index (χ0) is 13.2. The lowest BCUT2D eigenvalue weighted by Crippen LogP contribution is -2.47. The Morgan fingerprint density at radius 1 is 1.42 bits per heavy atom. The lowest BCUT2D eigenvalue weighted by Gasteiger charge is -2.39. The van der Waals surface area contributed by atoms with Crippen molar-refractivity contribution in [1.29, 1.82) is 0 Å². The highest BCUT2D eigenvalue weighted by molar-refractivity contribution is 5.85. The van der Waals surface area contributed by atoms with E-state index in [0.29, 0.717) is 13.2 Å². The smallest absolute Gasteiger partial charge is 0.407 e. The van der Waals surface area contributed by atoms with Crippen molar-refractivity contribution in [3.63, 3.8) is 0 Å². The molecule has 106 valence electrons. The third-order valence-electron chi connectivity index (χ3n) is 3.15. The minimum atomic E-state index is -0.370. The average Bonchev–Trinajstić information content (AvgIpc) is 2.34. The second kappa shape index (κ2) is 6.15. The number of para-hydroxylation sites is 1. The molecule has 0 spiro atoms. The number of halogens is 1. The second-order valence-corrected chi connectivity index (χ2v) is 5.11. The Morgan fingerprint density at radius 3 is 2.79 bits per heavy atom. The van der Waals surface area contributed by atoms with Gasteiger partial charge < -0.3 is 14.8 Å². The maximum atomic E-state index is 11.4. The fourth-order valence-corrected chi connectivity index (χ4v) is 2.19. The van der Waals surface area contributed by atoms with Crippen molar-refractivity contribution in [2.75, 3.05) is 13.2 Å². The van der Waals surface area contributed by atoms with Crippen LogP contribution in [0.25, 0.3) is 0 Å². The van der Waals surface area contributed by atoms with Crippen LogP contribution in [0.4, 0.5) is 4.79 Å². The van der Waals surface area contributed by atoms with Crippen LogP contribution < -0.4 is 10.1 Å². The van der Waals surface area contributed by atoms with Crippen molar-refractivity contribution in [2.45, 2.75) is 26.8 Å². The lowest BCUT2D eigenvalue weighted by atomic mass is 9.80. The quantitative estimate of drug-likeness (QED) is 0.927. The first kappa shape index (κ1) is 15.6. The molecule has 19 heavy (non-hydrogen) atoms. The van der Waals surface area contributed by atoms with Gasteiger partial charge in [-0.25, -0.2) is 4.79 Å². The van der Waals surface area contributed by atoms with E-state index in [9.17, 15) is 4.79 Å². The molecule has 0 aromatic heterocycles.